The molecule has 6 rings (SSSR count). The number of carbonyl (C=O) groups excluding carboxylic acids is 1. The zero-order valence-electron chi connectivity index (χ0n) is 23.1. The number of hydrogen-bond donors (Lipinski definition) is 2. The van der Waals surface area contributed by atoms with Crippen LogP contribution in [0, 0.1) is 11.8 Å². The van der Waals surface area contributed by atoms with Gasteiger partial charge in [0, 0.05) is 23.7 Å². The third kappa shape index (κ3) is 5.31. The maximum absolute atomic E-state index is 13.4. The van der Waals surface area contributed by atoms with Gasteiger partial charge in [0.2, 0.25) is 0 Å². The molecule has 3 heterocycles. The highest BCUT2D eigenvalue weighted by molar-refractivity contribution is 7.90. The van der Waals surface area contributed by atoms with Crippen molar-refractivity contribution in [1.82, 2.24) is 4.72 Å². The monoisotopic (exact) mass is 602 g/mol. The Hall–Kier alpha value is -2.79. The molecule has 4 atom stereocenters. The number of fused-ring (bicyclic) bond motifs is 4. The van der Waals surface area contributed by atoms with Crippen molar-refractivity contribution in [3.05, 3.63) is 59.1 Å². The molecule has 2 aromatic carbocycles. The van der Waals surface area contributed by atoms with E-state index >= 15 is 0 Å². The number of ether oxygens (including phenoxy) is 3. The number of sulfonamides is 1. The fourth-order valence-electron chi connectivity index (χ4n) is 6.29. The lowest BCUT2D eigenvalue weighted by Gasteiger charge is -2.45. The number of aliphatic hydroxyl groups is 1. The second kappa shape index (κ2) is 10.5. The largest absolute Gasteiger partial charge is 0.493 e. The fraction of sp³-hybridized carbons (Fsp3) is 0.500. The number of halogens is 1. The summed E-state index contributed by atoms with van der Waals surface area (Å²) in [6, 6.07) is 10.4. The minimum Gasteiger partial charge on any atom is -0.493 e. The second-order valence-corrected chi connectivity index (χ2v) is 14.1. The molecule has 41 heavy (non-hydrogen) atoms. The highest BCUT2D eigenvalue weighted by atomic mass is 35.5. The molecule has 0 radical (unpaired) electrons. The third-order valence-electron chi connectivity index (χ3n) is 8.95. The van der Waals surface area contributed by atoms with Gasteiger partial charge in [0.1, 0.15) is 17.1 Å². The van der Waals surface area contributed by atoms with Crippen LogP contribution in [0.2, 0.25) is 5.02 Å². The molecular weight excluding hydrogens is 568 g/mol. The van der Waals surface area contributed by atoms with E-state index < -0.39 is 33.1 Å². The van der Waals surface area contributed by atoms with Gasteiger partial charge in [0.15, 0.2) is 0 Å². The van der Waals surface area contributed by atoms with Crippen LogP contribution in [-0.2, 0) is 25.0 Å². The average Bonchev–Trinajstić information content (AvgIpc) is 3.05. The van der Waals surface area contributed by atoms with E-state index in [1.165, 1.54) is 19.9 Å². The van der Waals surface area contributed by atoms with E-state index in [-0.39, 0.29) is 23.3 Å². The summed E-state index contributed by atoms with van der Waals surface area (Å²) in [7, 11) is -4.20. The zero-order valence-corrected chi connectivity index (χ0v) is 24.7. The van der Waals surface area contributed by atoms with Crippen LogP contribution < -0.4 is 19.1 Å². The molecule has 1 amide bonds. The van der Waals surface area contributed by atoms with Crippen LogP contribution in [0.15, 0.2) is 53.4 Å². The first-order chi connectivity index (χ1) is 19.5. The van der Waals surface area contributed by atoms with Gasteiger partial charge in [-0.15, -0.1) is 0 Å². The fourth-order valence-corrected chi connectivity index (χ4v) is 7.57. The van der Waals surface area contributed by atoms with Crippen LogP contribution in [0.3, 0.4) is 0 Å². The Morgan fingerprint density at radius 2 is 1.93 bits per heavy atom. The molecule has 0 aromatic heterocycles. The molecule has 220 valence electrons. The van der Waals surface area contributed by atoms with E-state index in [0.29, 0.717) is 49.2 Å². The normalized spacial score (nSPS) is 31.3. The molecule has 1 saturated carbocycles. The van der Waals surface area contributed by atoms with E-state index in [4.69, 9.17) is 25.8 Å². The summed E-state index contributed by atoms with van der Waals surface area (Å²) >= 11 is 6.29. The van der Waals surface area contributed by atoms with Crippen LogP contribution in [0.5, 0.6) is 11.5 Å². The number of amides is 1. The topological polar surface area (TPSA) is 114 Å². The number of nitrogens with zero attached hydrogens (tertiary/aromatic N) is 1. The SMILES string of the molecule is CC1(C)OC/C=C/[C@H](O)[C@@H]2CC[C@H]2CN2C[C@@]3(CCOc4cc(Cl)ccc43)COc3ccc(cc32)S(=O)(=O)NC1=O. The average molecular weight is 603 g/mol. The lowest BCUT2D eigenvalue weighted by Crippen LogP contribution is -2.50. The molecular formula is C30H35ClN2O7S. The van der Waals surface area contributed by atoms with Crippen molar-refractivity contribution < 1.29 is 32.5 Å². The highest BCUT2D eigenvalue weighted by Gasteiger charge is 2.45. The lowest BCUT2D eigenvalue weighted by molar-refractivity contribution is -0.139. The van der Waals surface area contributed by atoms with Crippen molar-refractivity contribution in [3.63, 3.8) is 0 Å². The molecule has 2 aromatic rings. The molecule has 2 bridgehead atoms. The number of anilines is 1. The van der Waals surface area contributed by atoms with E-state index in [1.807, 2.05) is 18.2 Å². The number of nitrogens with one attached hydrogen (secondary N) is 1. The van der Waals surface area contributed by atoms with Crippen molar-refractivity contribution in [1.29, 1.82) is 0 Å². The Morgan fingerprint density at radius 3 is 2.71 bits per heavy atom. The Bertz CT molecular complexity index is 1490. The van der Waals surface area contributed by atoms with Gasteiger partial charge in [-0.05, 0) is 75.3 Å². The molecule has 1 spiro atoms. The molecule has 1 aliphatic carbocycles. The van der Waals surface area contributed by atoms with Gasteiger partial charge in [-0.1, -0.05) is 29.8 Å². The minimum absolute atomic E-state index is 0.0405. The van der Waals surface area contributed by atoms with E-state index in [1.54, 1.807) is 24.3 Å². The Kier molecular flexibility index (Phi) is 7.25. The number of carbonyl (C=O) groups is 1. The van der Waals surface area contributed by atoms with Gasteiger partial charge in [0.25, 0.3) is 15.9 Å². The number of benzene rings is 2. The second-order valence-electron chi connectivity index (χ2n) is 12.0. The van der Waals surface area contributed by atoms with E-state index in [2.05, 4.69) is 9.62 Å². The summed E-state index contributed by atoms with van der Waals surface area (Å²) in [5.41, 5.74) is -0.198. The Balaban J connectivity index is 1.44. The summed E-state index contributed by atoms with van der Waals surface area (Å²) < 4.78 is 47.1. The van der Waals surface area contributed by atoms with Crippen LogP contribution >= 0.6 is 11.6 Å². The smallest absolute Gasteiger partial charge is 0.265 e. The van der Waals surface area contributed by atoms with Crippen LogP contribution in [0.4, 0.5) is 5.69 Å². The molecule has 9 nitrogen and oxygen atoms in total. The van der Waals surface area contributed by atoms with E-state index in [0.717, 1.165) is 24.2 Å². The van der Waals surface area contributed by atoms with Crippen molar-refractivity contribution >= 4 is 33.2 Å². The molecule has 4 aliphatic rings. The molecule has 0 saturated heterocycles. The first-order valence-corrected chi connectivity index (χ1v) is 15.8. The third-order valence-corrected chi connectivity index (χ3v) is 10.5. The van der Waals surface area contributed by atoms with Crippen molar-refractivity contribution in [2.75, 3.05) is 37.8 Å². The first kappa shape index (κ1) is 28.3. The van der Waals surface area contributed by atoms with Gasteiger partial charge in [0.05, 0.1) is 41.9 Å². The van der Waals surface area contributed by atoms with Crippen LogP contribution in [0.25, 0.3) is 0 Å². The van der Waals surface area contributed by atoms with Gasteiger partial charge in [-0.2, -0.15) is 0 Å². The predicted molar refractivity (Wildman–Crippen MR) is 154 cm³/mol. The van der Waals surface area contributed by atoms with Crippen LogP contribution in [-0.4, -0.2) is 64.0 Å². The highest BCUT2D eigenvalue weighted by Crippen LogP contribution is 2.47. The Morgan fingerprint density at radius 1 is 1.10 bits per heavy atom. The number of rotatable bonds is 0. The maximum atomic E-state index is 13.4. The maximum Gasteiger partial charge on any atom is 0.265 e. The summed E-state index contributed by atoms with van der Waals surface area (Å²) in [4.78, 5) is 15.1. The molecule has 1 fully saturated rings. The number of hydrogen-bond acceptors (Lipinski definition) is 8. The molecule has 2 N–H and O–H groups in total. The van der Waals surface area contributed by atoms with Gasteiger partial charge in [-0.25, -0.2) is 13.1 Å². The van der Waals surface area contributed by atoms with Crippen LogP contribution in [0.1, 0.15) is 38.7 Å². The molecule has 11 heteroatoms. The Labute approximate surface area is 245 Å². The van der Waals surface area contributed by atoms with Crippen molar-refractivity contribution in [3.8, 4) is 11.5 Å². The van der Waals surface area contributed by atoms with Crippen molar-refractivity contribution in [2.24, 2.45) is 11.8 Å². The standard InChI is InChI=1S/C30H35ClN2O7S/c1-29(2)28(35)32-41(36,37)21-7-10-26-24(15-21)33(16-19-5-8-22(19)25(34)4-3-12-40-29)17-30(18-39-26)11-13-38-27-14-20(31)6-9-23(27)30/h3-4,6-7,9-10,14-15,19,22,25,34H,5,8,11-13,16-18H2,1-2H3,(H,32,35)/b4-3+/t19-,22+,25-,30-/m0/s1. The van der Waals surface area contributed by atoms with E-state index in [9.17, 15) is 18.3 Å². The predicted octanol–water partition coefficient (Wildman–Crippen LogP) is 3.82. The summed E-state index contributed by atoms with van der Waals surface area (Å²) in [5.74, 6) is 0.747. The molecule has 3 aliphatic heterocycles. The van der Waals surface area contributed by atoms with Gasteiger partial charge in [-0.3, -0.25) is 4.79 Å². The van der Waals surface area contributed by atoms with Crippen molar-refractivity contribution in [2.45, 2.75) is 55.1 Å². The summed E-state index contributed by atoms with van der Waals surface area (Å²) in [6.45, 7) is 5.13. The first-order valence-electron chi connectivity index (χ1n) is 14.0. The zero-order chi connectivity index (χ0) is 29.0. The number of aliphatic hydroxyl groups excluding tert-OH is 1. The van der Waals surface area contributed by atoms with Gasteiger partial charge >= 0.3 is 0 Å². The summed E-state index contributed by atoms with van der Waals surface area (Å²) in [6.07, 6.45) is 5.29. The molecule has 0 unspecified atom stereocenters. The quantitative estimate of drug-likeness (QED) is 0.438. The van der Waals surface area contributed by atoms with Gasteiger partial charge < -0.3 is 24.2 Å². The minimum atomic E-state index is -4.20. The lowest BCUT2D eigenvalue weighted by atomic mass is 9.69. The summed E-state index contributed by atoms with van der Waals surface area (Å²) in [5, 5.41) is 11.6.